The first-order chi connectivity index (χ1) is 7.79. The van der Waals surface area contributed by atoms with Crippen molar-refractivity contribution in [2.45, 2.75) is 6.54 Å². The van der Waals surface area contributed by atoms with Gasteiger partial charge in [-0.2, -0.15) is 0 Å². The zero-order valence-electron chi connectivity index (χ0n) is 8.43. The van der Waals surface area contributed by atoms with E-state index in [4.69, 9.17) is 22.1 Å². The van der Waals surface area contributed by atoms with Gasteiger partial charge in [-0.25, -0.2) is 9.97 Å². The predicted molar refractivity (Wildman–Crippen MR) is 61.4 cm³/mol. The third kappa shape index (κ3) is 2.48. The fourth-order valence-corrected chi connectivity index (χ4v) is 1.30. The molecule has 1 aromatic carbocycles. The lowest BCUT2D eigenvalue weighted by Gasteiger charge is -2.05. The van der Waals surface area contributed by atoms with Crippen LogP contribution < -0.4 is 10.5 Å². The first kappa shape index (κ1) is 10.9. The number of aromatic nitrogens is 2. The number of nitrogens with two attached hydrogens (primary N) is 1. The first-order valence-corrected chi connectivity index (χ1v) is 5.11. The van der Waals surface area contributed by atoms with Crippen LogP contribution in [0.4, 0.5) is 0 Å². The Hall–Kier alpha value is -1.65. The van der Waals surface area contributed by atoms with E-state index in [1.165, 1.54) is 0 Å². The first-order valence-electron chi connectivity index (χ1n) is 4.73. The number of ether oxygens (including phenoxy) is 1. The summed E-state index contributed by atoms with van der Waals surface area (Å²) in [5, 5.41) is 0.522. The topological polar surface area (TPSA) is 61.0 Å². The summed E-state index contributed by atoms with van der Waals surface area (Å²) in [6.07, 6.45) is 3.25. The Morgan fingerprint density at radius 2 is 1.88 bits per heavy atom. The number of benzene rings is 1. The number of hydrogen-bond acceptors (Lipinski definition) is 4. The number of hydrogen-bond donors (Lipinski definition) is 1. The van der Waals surface area contributed by atoms with Gasteiger partial charge in [0, 0.05) is 24.5 Å². The Morgan fingerprint density at radius 1 is 1.19 bits per heavy atom. The molecule has 0 saturated carbocycles. The van der Waals surface area contributed by atoms with Crippen LogP contribution >= 0.6 is 11.6 Å². The van der Waals surface area contributed by atoms with Crippen LogP contribution in [-0.4, -0.2) is 9.97 Å². The SMILES string of the molecule is NCc1cnc(Oc2ccccc2Cl)nc1. The Morgan fingerprint density at radius 3 is 2.50 bits per heavy atom. The van der Waals surface area contributed by atoms with Crippen LogP contribution in [0.5, 0.6) is 11.8 Å². The second-order valence-corrected chi connectivity index (χ2v) is 3.52. The van der Waals surface area contributed by atoms with Crippen molar-refractivity contribution in [3.05, 3.63) is 47.2 Å². The predicted octanol–water partition coefficient (Wildman–Crippen LogP) is 2.38. The molecule has 0 bridgehead atoms. The molecule has 0 aliphatic rings. The van der Waals surface area contributed by atoms with Gasteiger partial charge in [-0.15, -0.1) is 0 Å². The normalized spacial score (nSPS) is 10.1. The van der Waals surface area contributed by atoms with Gasteiger partial charge in [0.25, 0.3) is 0 Å². The van der Waals surface area contributed by atoms with Gasteiger partial charge in [0.1, 0.15) is 5.75 Å². The van der Waals surface area contributed by atoms with Crippen molar-refractivity contribution < 1.29 is 4.74 Å². The molecule has 1 heterocycles. The molecular weight excluding hydrogens is 226 g/mol. The highest BCUT2D eigenvalue weighted by molar-refractivity contribution is 6.32. The smallest absolute Gasteiger partial charge is 0.321 e. The van der Waals surface area contributed by atoms with Gasteiger partial charge < -0.3 is 10.5 Å². The highest BCUT2D eigenvalue weighted by Gasteiger charge is 2.03. The van der Waals surface area contributed by atoms with Crippen molar-refractivity contribution in [2.75, 3.05) is 0 Å². The van der Waals surface area contributed by atoms with E-state index < -0.39 is 0 Å². The maximum Gasteiger partial charge on any atom is 0.321 e. The molecule has 0 amide bonds. The van der Waals surface area contributed by atoms with E-state index in [0.717, 1.165) is 5.56 Å². The molecule has 0 spiro atoms. The second-order valence-electron chi connectivity index (χ2n) is 3.11. The van der Waals surface area contributed by atoms with Crippen LogP contribution in [0, 0.1) is 0 Å². The maximum atomic E-state index is 5.93. The maximum absolute atomic E-state index is 5.93. The lowest BCUT2D eigenvalue weighted by atomic mass is 10.3. The van der Waals surface area contributed by atoms with Crippen LogP contribution in [0.2, 0.25) is 5.02 Å². The van der Waals surface area contributed by atoms with Crippen molar-refractivity contribution in [3.8, 4) is 11.8 Å². The van der Waals surface area contributed by atoms with E-state index in [0.29, 0.717) is 17.3 Å². The van der Waals surface area contributed by atoms with Gasteiger partial charge in [-0.1, -0.05) is 23.7 Å². The average molecular weight is 236 g/mol. The molecule has 0 aliphatic carbocycles. The van der Waals surface area contributed by atoms with E-state index in [-0.39, 0.29) is 6.01 Å². The Balaban J connectivity index is 2.18. The largest absolute Gasteiger partial charge is 0.423 e. The van der Waals surface area contributed by atoms with Crippen LogP contribution in [0.1, 0.15) is 5.56 Å². The van der Waals surface area contributed by atoms with Crippen LogP contribution in [0.15, 0.2) is 36.7 Å². The molecule has 2 N–H and O–H groups in total. The molecule has 0 saturated heterocycles. The summed E-state index contributed by atoms with van der Waals surface area (Å²) in [5.41, 5.74) is 6.29. The quantitative estimate of drug-likeness (QED) is 0.887. The van der Waals surface area contributed by atoms with E-state index in [1.54, 1.807) is 24.5 Å². The minimum Gasteiger partial charge on any atom is -0.423 e. The highest BCUT2D eigenvalue weighted by Crippen LogP contribution is 2.26. The summed E-state index contributed by atoms with van der Waals surface area (Å²) in [5.74, 6) is 0.532. The van der Waals surface area contributed by atoms with Gasteiger partial charge in [0.05, 0.1) is 5.02 Å². The molecule has 1 aromatic heterocycles. The van der Waals surface area contributed by atoms with Gasteiger partial charge in [0.2, 0.25) is 0 Å². The lowest BCUT2D eigenvalue weighted by Crippen LogP contribution is -1.99. The van der Waals surface area contributed by atoms with E-state index in [2.05, 4.69) is 9.97 Å². The molecule has 2 rings (SSSR count). The average Bonchev–Trinajstić information content (AvgIpc) is 2.33. The molecule has 2 aromatic rings. The minimum atomic E-state index is 0.255. The molecule has 16 heavy (non-hydrogen) atoms. The van der Waals surface area contributed by atoms with E-state index >= 15 is 0 Å². The van der Waals surface area contributed by atoms with Crippen LogP contribution in [0.25, 0.3) is 0 Å². The molecule has 0 aliphatic heterocycles. The molecular formula is C11H10ClN3O. The Kier molecular flexibility index (Phi) is 3.34. The van der Waals surface area contributed by atoms with E-state index in [1.807, 2.05) is 12.1 Å². The van der Waals surface area contributed by atoms with E-state index in [9.17, 15) is 0 Å². The third-order valence-corrected chi connectivity index (χ3v) is 2.27. The zero-order chi connectivity index (χ0) is 11.4. The molecule has 0 atom stereocenters. The van der Waals surface area contributed by atoms with Crippen molar-refractivity contribution in [1.29, 1.82) is 0 Å². The highest BCUT2D eigenvalue weighted by atomic mass is 35.5. The fourth-order valence-electron chi connectivity index (χ4n) is 1.13. The Bertz CT molecular complexity index is 473. The minimum absolute atomic E-state index is 0.255. The summed E-state index contributed by atoms with van der Waals surface area (Å²) in [7, 11) is 0. The summed E-state index contributed by atoms with van der Waals surface area (Å²) in [6, 6.07) is 7.40. The molecule has 0 fully saturated rings. The number of rotatable bonds is 3. The molecule has 5 heteroatoms. The number of nitrogens with zero attached hydrogens (tertiary/aromatic N) is 2. The standard InChI is InChI=1S/C11H10ClN3O/c12-9-3-1-2-4-10(9)16-11-14-6-8(5-13)7-15-11/h1-4,6-7H,5,13H2. The third-order valence-electron chi connectivity index (χ3n) is 1.96. The van der Waals surface area contributed by atoms with Gasteiger partial charge in [0.15, 0.2) is 0 Å². The van der Waals surface area contributed by atoms with Crippen molar-refractivity contribution in [3.63, 3.8) is 0 Å². The van der Waals surface area contributed by atoms with Crippen LogP contribution in [-0.2, 0) is 6.54 Å². The molecule has 4 nitrogen and oxygen atoms in total. The summed E-state index contributed by atoms with van der Waals surface area (Å²) in [6.45, 7) is 0.409. The second kappa shape index (κ2) is 4.92. The van der Waals surface area contributed by atoms with Gasteiger partial charge >= 0.3 is 6.01 Å². The Labute approximate surface area is 98.0 Å². The summed E-state index contributed by atoms with van der Waals surface area (Å²) >= 11 is 5.93. The number of para-hydroxylation sites is 1. The number of halogens is 1. The lowest BCUT2D eigenvalue weighted by molar-refractivity contribution is 0.441. The van der Waals surface area contributed by atoms with Crippen molar-refractivity contribution >= 4 is 11.6 Å². The zero-order valence-corrected chi connectivity index (χ0v) is 9.19. The monoisotopic (exact) mass is 235 g/mol. The van der Waals surface area contributed by atoms with Gasteiger partial charge in [-0.05, 0) is 12.1 Å². The molecule has 82 valence electrons. The van der Waals surface area contributed by atoms with Crippen LogP contribution in [0.3, 0.4) is 0 Å². The summed E-state index contributed by atoms with van der Waals surface area (Å²) < 4.78 is 5.41. The molecule has 0 radical (unpaired) electrons. The summed E-state index contributed by atoms with van der Waals surface area (Å²) in [4.78, 5) is 8.03. The molecule has 0 unspecified atom stereocenters. The van der Waals surface area contributed by atoms with Crippen molar-refractivity contribution in [2.24, 2.45) is 5.73 Å². The van der Waals surface area contributed by atoms with Crippen molar-refractivity contribution in [1.82, 2.24) is 9.97 Å². The van der Waals surface area contributed by atoms with Gasteiger partial charge in [-0.3, -0.25) is 0 Å². The fraction of sp³-hybridized carbons (Fsp3) is 0.0909.